The van der Waals surface area contributed by atoms with E-state index < -0.39 is 32.4 Å². The Hall–Kier alpha value is -4.25. The molecule has 4 N–H and O–H groups in total. The predicted molar refractivity (Wildman–Crippen MR) is 155 cm³/mol. The number of rotatable bonds is 19. The maximum absolute atomic E-state index is 11.3. The zero-order valence-electron chi connectivity index (χ0n) is 25.0. The third-order valence-electron chi connectivity index (χ3n) is 7.65. The van der Waals surface area contributed by atoms with Crippen LogP contribution < -0.4 is 5.73 Å². The first-order valence-corrected chi connectivity index (χ1v) is 14.5. The highest BCUT2D eigenvalue weighted by Crippen LogP contribution is 2.42. The zero-order chi connectivity index (χ0) is 32.8. The van der Waals surface area contributed by atoms with Crippen LogP contribution in [0.5, 0.6) is 0 Å². The van der Waals surface area contributed by atoms with Crippen molar-refractivity contribution in [3.05, 3.63) is 65.4 Å². The van der Waals surface area contributed by atoms with Gasteiger partial charge in [-0.05, 0) is 68.9 Å². The second-order valence-corrected chi connectivity index (χ2v) is 10.5. The lowest BCUT2D eigenvalue weighted by molar-refractivity contribution is -0.758. The van der Waals surface area contributed by atoms with E-state index in [1.54, 1.807) is 0 Å². The number of carboxylic acid groups (broad SMARTS) is 1. The van der Waals surface area contributed by atoms with E-state index in [9.17, 15) is 40.2 Å². The number of carboxylic acids is 1. The summed E-state index contributed by atoms with van der Waals surface area (Å²) in [5.74, 6) is -0.820. The number of aliphatic carboxylic acids is 1. The number of hydrogen-bond acceptors (Lipinski definition) is 12. The first kappa shape index (κ1) is 35.9. The van der Waals surface area contributed by atoms with E-state index in [-0.39, 0.29) is 26.2 Å². The minimum absolute atomic E-state index is 0.00474. The summed E-state index contributed by atoms with van der Waals surface area (Å²) in [7, 11) is 0. The summed E-state index contributed by atoms with van der Waals surface area (Å²) in [6.07, 6.45) is 4.45. The van der Waals surface area contributed by atoms with Gasteiger partial charge in [-0.1, -0.05) is 32.0 Å². The van der Waals surface area contributed by atoms with Gasteiger partial charge in [0.2, 0.25) is 0 Å². The largest absolute Gasteiger partial charge is 0.481 e. The van der Waals surface area contributed by atoms with Crippen LogP contribution in [0.2, 0.25) is 0 Å². The number of hydrogen-bond donors (Lipinski definition) is 3. The van der Waals surface area contributed by atoms with Crippen molar-refractivity contribution in [3.63, 3.8) is 0 Å². The molecule has 2 aromatic rings. The minimum Gasteiger partial charge on any atom is -0.481 e. The second-order valence-electron chi connectivity index (χ2n) is 10.5. The van der Waals surface area contributed by atoms with Crippen molar-refractivity contribution < 1.29 is 44.4 Å². The first-order valence-electron chi connectivity index (χ1n) is 14.5. The molecule has 0 radical (unpaired) electrons. The maximum Gasteiger partial charge on any atom is 0.306 e. The Morgan fingerprint density at radius 1 is 1.00 bits per heavy atom. The lowest BCUT2D eigenvalue weighted by Crippen LogP contribution is -2.40. The molecule has 0 saturated heterocycles. The molecule has 2 heterocycles. The van der Waals surface area contributed by atoms with E-state index in [2.05, 4.69) is 44.6 Å². The van der Waals surface area contributed by atoms with E-state index in [1.807, 2.05) is 6.92 Å². The SMILES string of the molecule is CCc1cccc2c3c([nH]c12)C(CC)(CC(=O)O)OCC3.NC(CCCO[N+](=O)[O-])(CCCO[N+](=O)[O-])CCCO[N+](=O)[O-]. The fourth-order valence-electron chi connectivity index (χ4n) is 5.55. The Bertz CT molecular complexity index is 1210. The number of nitrogens with zero attached hydrogens (tertiary/aromatic N) is 3. The summed E-state index contributed by atoms with van der Waals surface area (Å²) in [6, 6.07) is 6.32. The highest BCUT2D eigenvalue weighted by Gasteiger charge is 2.41. The van der Waals surface area contributed by atoms with Gasteiger partial charge in [0.05, 0.1) is 38.5 Å². The van der Waals surface area contributed by atoms with Gasteiger partial charge in [0.1, 0.15) is 5.60 Å². The molecule has 1 unspecified atom stereocenters. The van der Waals surface area contributed by atoms with Gasteiger partial charge in [-0.2, -0.15) is 0 Å². The molecule has 0 bridgehead atoms. The van der Waals surface area contributed by atoms with Crippen LogP contribution in [0, 0.1) is 30.3 Å². The standard InChI is InChI=1S/C17H21NO3.C10H20N4O9/c1-3-11-6-5-7-12-13-8-9-21-17(4-2,10-14(19)20)16(13)18-15(11)12;11-10(4-1-7-21-12(15)16,5-2-8-22-13(17)18)6-3-9-23-14(19)20/h5-7,18H,3-4,8-10H2,1-2H3,(H,19,20);1-9,11H2. The van der Waals surface area contributed by atoms with E-state index in [1.165, 1.54) is 16.5 Å². The van der Waals surface area contributed by atoms with Crippen molar-refractivity contribution in [3.8, 4) is 0 Å². The Balaban J connectivity index is 0.000000307. The number of ether oxygens (including phenoxy) is 1. The normalized spacial score (nSPS) is 15.9. The summed E-state index contributed by atoms with van der Waals surface area (Å²) >= 11 is 0. The van der Waals surface area contributed by atoms with Gasteiger partial charge in [-0.3, -0.25) is 4.79 Å². The van der Waals surface area contributed by atoms with Gasteiger partial charge in [0, 0.05) is 16.4 Å². The second kappa shape index (κ2) is 17.1. The topological polar surface area (TPSA) is 245 Å². The molecule has 44 heavy (non-hydrogen) atoms. The van der Waals surface area contributed by atoms with Crippen molar-refractivity contribution in [2.24, 2.45) is 5.73 Å². The van der Waals surface area contributed by atoms with Crippen molar-refractivity contribution in [1.82, 2.24) is 4.98 Å². The van der Waals surface area contributed by atoms with Crippen LogP contribution in [0.4, 0.5) is 0 Å². The number of fused-ring (bicyclic) bond motifs is 3. The molecule has 0 saturated carbocycles. The molecule has 0 aliphatic carbocycles. The number of benzene rings is 1. The molecule has 0 spiro atoms. The smallest absolute Gasteiger partial charge is 0.306 e. The highest BCUT2D eigenvalue weighted by molar-refractivity contribution is 5.88. The molecule has 17 nitrogen and oxygen atoms in total. The first-order chi connectivity index (χ1) is 20.9. The Morgan fingerprint density at radius 2 is 1.52 bits per heavy atom. The number of aromatic nitrogens is 1. The summed E-state index contributed by atoms with van der Waals surface area (Å²) < 4.78 is 5.94. The van der Waals surface area contributed by atoms with Gasteiger partial charge in [-0.15, -0.1) is 30.3 Å². The number of nitrogens with two attached hydrogens (primary N) is 1. The van der Waals surface area contributed by atoms with Crippen LogP contribution in [0.15, 0.2) is 18.2 Å². The molecular weight excluding hydrogens is 586 g/mol. The molecule has 3 rings (SSSR count). The van der Waals surface area contributed by atoms with Crippen LogP contribution in [0.3, 0.4) is 0 Å². The summed E-state index contributed by atoms with van der Waals surface area (Å²) in [6.45, 7) is 4.34. The molecule has 0 fully saturated rings. The molecule has 246 valence electrons. The van der Waals surface area contributed by atoms with E-state index in [4.69, 9.17) is 10.5 Å². The highest BCUT2D eigenvalue weighted by atomic mass is 17.0. The lowest BCUT2D eigenvalue weighted by atomic mass is 9.85. The number of H-pyrrole nitrogens is 1. The number of nitrogens with one attached hydrogen (secondary N) is 1. The Kier molecular flexibility index (Phi) is 14.0. The van der Waals surface area contributed by atoms with Crippen LogP contribution >= 0.6 is 0 Å². The average Bonchev–Trinajstić information content (AvgIpc) is 3.36. The maximum atomic E-state index is 11.3. The van der Waals surface area contributed by atoms with Crippen molar-refractivity contribution >= 4 is 16.9 Å². The van der Waals surface area contributed by atoms with E-state index >= 15 is 0 Å². The van der Waals surface area contributed by atoms with E-state index in [0.29, 0.717) is 51.6 Å². The molecule has 0 amide bonds. The summed E-state index contributed by atoms with van der Waals surface area (Å²) in [5.41, 5.74) is 9.26. The molecule has 1 aliphatic rings. The van der Waals surface area contributed by atoms with Crippen LogP contribution in [0.1, 0.15) is 82.0 Å². The molecule has 1 aliphatic heterocycles. The van der Waals surface area contributed by atoms with Gasteiger partial charge in [-0.25, -0.2) is 0 Å². The molecular formula is C27H41N5O12. The van der Waals surface area contributed by atoms with Crippen LogP contribution in [0.25, 0.3) is 10.9 Å². The fourth-order valence-corrected chi connectivity index (χ4v) is 5.55. The minimum atomic E-state index is -0.909. The molecule has 1 aromatic heterocycles. The lowest BCUT2D eigenvalue weighted by Gasteiger charge is -2.35. The number of aromatic amines is 1. The van der Waals surface area contributed by atoms with Gasteiger partial charge < -0.3 is 35.1 Å². The van der Waals surface area contributed by atoms with Crippen LogP contribution in [-0.4, -0.2) is 63.3 Å². The number of carbonyl (C=O) groups is 1. The third kappa shape index (κ3) is 10.8. The van der Waals surface area contributed by atoms with Crippen molar-refractivity contribution in [2.45, 2.75) is 89.2 Å². The monoisotopic (exact) mass is 627 g/mol. The molecule has 1 atom stereocenters. The fraction of sp³-hybridized carbons (Fsp3) is 0.667. The van der Waals surface area contributed by atoms with Crippen molar-refractivity contribution in [1.29, 1.82) is 0 Å². The van der Waals surface area contributed by atoms with Crippen molar-refractivity contribution in [2.75, 3.05) is 26.4 Å². The quantitative estimate of drug-likeness (QED) is 0.113. The van der Waals surface area contributed by atoms with E-state index in [0.717, 1.165) is 24.1 Å². The van der Waals surface area contributed by atoms with Gasteiger partial charge >= 0.3 is 5.97 Å². The van der Waals surface area contributed by atoms with Gasteiger partial charge in [0.25, 0.3) is 15.3 Å². The van der Waals surface area contributed by atoms with Gasteiger partial charge in [0.15, 0.2) is 0 Å². The number of aryl methyl sites for hydroxylation is 1. The Labute approximate surface area is 253 Å². The number of para-hydroxylation sites is 1. The predicted octanol–water partition coefficient (Wildman–Crippen LogP) is 4.03. The Morgan fingerprint density at radius 3 is 1.95 bits per heavy atom. The third-order valence-corrected chi connectivity index (χ3v) is 7.65. The molecule has 1 aromatic carbocycles. The summed E-state index contributed by atoms with van der Waals surface area (Å²) in [5, 5.41) is 38.0. The van der Waals surface area contributed by atoms with Crippen LogP contribution in [-0.2, 0) is 42.5 Å². The zero-order valence-corrected chi connectivity index (χ0v) is 25.0. The molecule has 17 heteroatoms. The average molecular weight is 628 g/mol. The summed E-state index contributed by atoms with van der Waals surface area (Å²) in [4.78, 5) is 57.5.